The molecule has 0 saturated heterocycles. The van der Waals surface area contributed by atoms with Crippen molar-refractivity contribution >= 4 is 5.97 Å². The molecule has 0 unspecified atom stereocenters. The molecule has 0 aliphatic carbocycles. The summed E-state index contributed by atoms with van der Waals surface area (Å²) < 4.78 is 12.4. The van der Waals surface area contributed by atoms with Gasteiger partial charge in [0, 0.05) is 12.1 Å². The number of rotatable bonds is 6. The van der Waals surface area contributed by atoms with E-state index in [1.54, 1.807) is 11.6 Å². The van der Waals surface area contributed by atoms with E-state index in [-0.39, 0.29) is 12.3 Å². The molecule has 2 heterocycles. The molecule has 0 aliphatic rings. The smallest absolute Gasteiger partial charge is 0.361 e. The highest BCUT2D eigenvalue weighted by atomic mass is 16.5. The van der Waals surface area contributed by atoms with Crippen LogP contribution in [0, 0.1) is 6.92 Å². The molecule has 8 nitrogen and oxygen atoms in total. The second kappa shape index (κ2) is 7.03. The Morgan fingerprint density at radius 1 is 1.29 bits per heavy atom. The molecule has 124 valence electrons. The molecule has 3 rings (SSSR count). The number of hydrogen-bond acceptors (Lipinski definition) is 7. The van der Waals surface area contributed by atoms with E-state index in [0.717, 1.165) is 12.0 Å². The molecular weight excluding hydrogens is 310 g/mol. The minimum atomic E-state index is -0.565. The molecule has 0 saturated carbocycles. The zero-order valence-corrected chi connectivity index (χ0v) is 13.5. The summed E-state index contributed by atoms with van der Waals surface area (Å²) in [6, 6.07) is 9.37. The normalized spacial score (nSPS) is 10.8. The molecule has 24 heavy (non-hydrogen) atoms. The zero-order chi connectivity index (χ0) is 16.9. The fourth-order valence-corrected chi connectivity index (χ4v) is 2.20. The van der Waals surface area contributed by atoms with Crippen molar-refractivity contribution in [3.05, 3.63) is 47.6 Å². The van der Waals surface area contributed by atoms with E-state index in [9.17, 15) is 4.79 Å². The van der Waals surface area contributed by atoms with Crippen molar-refractivity contribution in [2.75, 3.05) is 0 Å². The first-order valence-corrected chi connectivity index (χ1v) is 7.64. The molecule has 1 aromatic carbocycles. The summed E-state index contributed by atoms with van der Waals surface area (Å²) in [4.78, 5) is 16.5. The quantitative estimate of drug-likeness (QED) is 0.641. The minimum absolute atomic E-state index is 0.0151. The maximum absolute atomic E-state index is 12.3. The summed E-state index contributed by atoms with van der Waals surface area (Å²) in [5, 5.41) is 11.3. The van der Waals surface area contributed by atoms with Crippen LogP contribution in [0.2, 0.25) is 0 Å². The molecule has 0 atom stereocenters. The van der Waals surface area contributed by atoms with Crippen LogP contribution in [0.5, 0.6) is 0 Å². The summed E-state index contributed by atoms with van der Waals surface area (Å²) in [6.45, 7) is 4.35. The van der Waals surface area contributed by atoms with Gasteiger partial charge in [0.25, 0.3) is 0 Å². The van der Waals surface area contributed by atoms with Crippen LogP contribution in [0.3, 0.4) is 0 Å². The fraction of sp³-hybridized carbons (Fsp3) is 0.312. The largest absolute Gasteiger partial charge is 0.453 e. The lowest BCUT2D eigenvalue weighted by atomic mass is 10.2. The summed E-state index contributed by atoms with van der Waals surface area (Å²) >= 11 is 0. The van der Waals surface area contributed by atoms with Gasteiger partial charge in [0.15, 0.2) is 18.1 Å². The zero-order valence-electron chi connectivity index (χ0n) is 13.5. The van der Waals surface area contributed by atoms with Crippen LogP contribution in [0.1, 0.15) is 35.4 Å². The highest BCUT2D eigenvalue weighted by molar-refractivity contribution is 5.88. The second-order valence-corrected chi connectivity index (χ2v) is 5.18. The predicted molar refractivity (Wildman–Crippen MR) is 83.9 cm³/mol. The van der Waals surface area contributed by atoms with Crippen molar-refractivity contribution in [2.24, 2.45) is 0 Å². The topological polar surface area (TPSA) is 95.9 Å². The number of carbonyl (C=O) groups is 1. The number of tetrazole rings is 1. The van der Waals surface area contributed by atoms with E-state index in [2.05, 4.69) is 20.5 Å². The third-order valence-corrected chi connectivity index (χ3v) is 3.38. The number of aromatic nitrogens is 5. The van der Waals surface area contributed by atoms with E-state index >= 15 is 0 Å². The predicted octanol–water partition coefficient (Wildman–Crippen LogP) is 2.40. The van der Waals surface area contributed by atoms with Gasteiger partial charge < -0.3 is 9.15 Å². The van der Waals surface area contributed by atoms with Crippen molar-refractivity contribution in [3.63, 3.8) is 0 Å². The van der Waals surface area contributed by atoms with Gasteiger partial charge in [0.1, 0.15) is 5.76 Å². The standard InChI is InChI=1S/C16H17N5O3/c1-3-9-21-13(18-19-20-21)10-23-16(22)14-11(2)24-15(17-14)12-7-5-4-6-8-12/h4-8H,3,9-10H2,1-2H3. The van der Waals surface area contributed by atoms with E-state index in [1.165, 1.54) is 0 Å². The highest BCUT2D eigenvalue weighted by Crippen LogP contribution is 2.22. The Labute approximate surface area is 138 Å². The van der Waals surface area contributed by atoms with Crippen LogP contribution in [0.15, 0.2) is 34.7 Å². The van der Waals surface area contributed by atoms with Gasteiger partial charge in [-0.05, 0) is 35.9 Å². The summed E-state index contributed by atoms with van der Waals surface area (Å²) in [5.74, 6) is 0.724. The highest BCUT2D eigenvalue weighted by Gasteiger charge is 2.20. The van der Waals surface area contributed by atoms with Crippen LogP contribution in [-0.4, -0.2) is 31.2 Å². The van der Waals surface area contributed by atoms with Gasteiger partial charge in [-0.2, -0.15) is 0 Å². The Morgan fingerprint density at radius 3 is 2.83 bits per heavy atom. The lowest BCUT2D eigenvalue weighted by Crippen LogP contribution is -2.12. The lowest BCUT2D eigenvalue weighted by molar-refractivity contribution is 0.0448. The van der Waals surface area contributed by atoms with Crippen LogP contribution >= 0.6 is 0 Å². The minimum Gasteiger partial charge on any atom is -0.453 e. The van der Waals surface area contributed by atoms with Gasteiger partial charge in [-0.3, -0.25) is 0 Å². The number of hydrogen-bond donors (Lipinski definition) is 0. The van der Waals surface area contributed by atoms with Gasteiger partial charge in [0.2, 0.25) is 5.89 Å². The first kappa shape index (κ1) is 15.9. The summed E-state index contributed by atoms with van der Waals surface area (Å²) in [6.07, 6.45) is 0.884. The van der Waals surface area contributed by atoms with Crippen LogP contribution in [0.4, 0.5) is 0 Å². The van der Waals surface area contributed by atoms with E-state index in [1.807, 2.05) is 37.3 Å². The van der Waals surface area contributed by atoms with Gasteiger partial charge in [0.05, 0.1) is 0 Å². The second-order valence-electron chi connectivity index (χ2n) is 5.18. The molecule has 8 heteroatoms. The average Bonchev–Trinajstić information content (AvgIpc) is 3.20. The van der Waals surface area contributed by atoms with Crippen molar-refractivity contribution in [1.82, 2.24) is 25.2 Å². The molecule has 3 aromatic rings. The van der Waals surface area contributed by atoms with Gasteiger partial charge in [-0.15, -0.1) is 5.10 Å². The first-order chi connectivity index (χ1) is 11.7. The third kappa shape index (κ3) is 3.32. The number of nitrogens with zero attached hydrogens (tertiary/aromatic N) is 5. The number of aryl methyl sites for hydroxylation is 2. The van der Waals surface area contributed by atoms with Gasteiger partial charge in [-0.25, -0.2) is 14.5 Å². The van der Waals surface area contributed by atoms with Crippen molar-refractivity contribution in [3.8, 4) is 11.5 Å². The SMILES string of the molecule is CCCn1nnnc1COC(=O)c1nc(-c2ccccc2)oc1C. The van der Waals surface area contributed by atoms with Gasteiger partial charge >= 0.3 is 5.97 Å². The number of carbonyl (C=O) groups excluding carboxylic acids is 1. The van der Waals surface area contributed by atoms with Gasteiger partial charge in [-0.1, -0.05) is 25.1 Å². The van der Waals surface area contributed by atoms with Crippen molar-refractivity contribution < 1.29 is 13.9 Å². The molecular formula is C16H17N5O3. The molecule has 0 bridgehead atoms. The van der Waals surface area contributed by atoms with E-state index in [4.69, 9.17) is 9.15 Å². The monoisotopic (exact) mass is 327 g/mol. The number of esters is 1. The van der Waals surface area contributed by atoms with Crippen molar-refractivity contribution in [1.29, 1.82) is 0 Å². The number of ether oxygens (including phenoxy) is 1. The molecule has 2 aromatic heterocycles. The molecule has 0 radical (unpaired) electrons. The number of benzene rings is 1. The Hall–Kier alpha value is -3.03. The Kier molecular flexibility index (Phi) is 4.64. The fourth-order valence-electron chi connectivity index (χ4n) is 2.20. The molecule has 0 amide bonds. The van der Waals surface area contributed by atoms with Crippen molar-refractivity contribution in [2.45, 2.75) is 33.4 Å². The summed E-state index contributed by atoms with van der Waals surface area (Å²) in [5.41, 5.74) is 0.954. The summed E-state index contributed by atoms with van der Waals surface area (Å²) in [7, 11) is 0. The lowest BCUT2D eigenvalue weighted by Gasteiger charge is -2.03. The average molecular weight is 327 g/mol. The van der Waals surface area contributed by atoms with Crippen LogP contribution in [-0.2, 0) is 17.9 Å². The molecule has 0 spiro atoms. The molecule has 0 fully saturated rings. The Morgan fingerprint density at radius 2 is 2.08 bits per heavy atom. The van der Waals surface area contributed by atoms with E-state index < -0.39 is 5.97 Å². The third-order valence-electron chi connectivity index (χ3n) is 3.38. The van der Waals surface area contributed by atoms with Crippen LogP contribution in [0.25, 0.3) is 11.5 Å². The molecule has 0 N–H and O–H groups in total. The first-order valence-electron chi connectivity index (χ1n) is 7.64. The Balaban J connectivity index is 1.71. The molecule has 0 aliphatic heterocycles. The maximum Gasteiger partial charge on any atom is 0.361 e. The number of oxazole rings is 1. The van der Waals surface area contributed by atoms with E-state index in [0.29, 0.717) is 24.0 Å². The van der Waals surface area contributed by atoms with Crippen LogP contribution < -0.4 is 0 Å². The maximum atomic E-state index is 12.3. The Bertz CT molecular complexity index is 825.